The number of halogens is 2. The molecule has 0 aromatic heterocycles. The van der Waals surface area contributed by atoms with E-state index in [1.54, 1.807) is 13.2 Å². The molecule has 0 aliphatic carbocycles. The Balaban J connectivity index is 0.00000240. The summed E-state index contributed by atoms with van der Waals surface area (Å²) in [6.07, 6.45) is 2.22. The summed E-state index contributed by atoms with van der Waals surface area (Å²) in [6.45, 7) is 7.29. The van der Waals surface area contributed by atoms with E-state index in [2.05, 4.69) is 22.8 Å². The molecule has 0 saturated carbocycles. The highest BCUT2D eigenvalue weighted by molar-refractivity contribution is 5.85. The van der Waals surface area contributed by atoms with Crippen LogP contribution in [0.2, 0.25) is 0 Å². The first-order chi connectivity index (χ1) is 13.6. The predicted octanol–water partition coefficient (Wildman–Crippen LogP) is 4.24. The van der Waals surface area contributed by atoms with Gasteiger partial charge in [0, 0.05) is 49.9 Å². The third-order valence-electron chi connectivity index (χ3n) is 5.60. The first-order valence-electron chi connectivity index (χ1n) is 9.82. The van der Waals surface area contributed by atoms with Crippen molar-refractivity contribution in [1.82, 2.24) is 9.80 Å². The first-order valence-corrected chi connectivity index (χ1v) is 9.82. The van der Waals surface area contributed by atoms with Crippen LogP contribution in [-0.2, 0) is 6.54 Å². The van der Waals surface area contributed by atoms with E-state index in [-0.39, 0.29) is 18.2 Å². The number of nitrogens with zero attached hydrogens (tertiary/aromatic N) is 2. The van der Waals surface area contributed by atoms with Gasteiger partial charge in [-0.2, -0.15) is 0 Å². The summed E-state index contributed by atoms with van der Waals surface area (Å²) in [5.74, 6) is 1.64. The van der Waals surface area contributed by atoms with Crippen molar-refractivity contribution in [2.45, 2.75) is 19.5 Å². The Bertz CT molecular complexity index is 874. The molecular weight excluding hydrogens is 391 g/mol. The molecule has 0 unspecified atom stereocenters. The summed E-state index contributed by atoms with van der Waals surface area (Å²) in [5, 5.41) is 0. The Kier molecular flexibility index (Phi) is 7.17. The first kappa shape index (κ1) is 21.6. The lowest BCUT2D eigenvalue weighted by molar-refractivity contribution is 0.0839. The van der Waals surface area contributed by atoms with Crippen LogP contribution >= 0.6 is 12.4 Å². The molecule has 1 saturated heterocycles. The van der Waals surface area contributed by atoms with Crippen LogP contribution in [0.25, 0.3) is 6.08 Å². The third-order valence-corrected chi connectivity index (χ3v) is 5.60. The molecule has 0 bridgehead atoms. The molecule has 4 nitrogen and oxygen atoms in total. The fourth-order valence-electron chi connectivity index (χ4n) is 4.00. The molecule has 2 aromatic carbocycles. The van der Waals surface area contributed by atoms with Crippen LogP contribution in [0.1, 0.15) is 18.1 Å². The minimum absolute atomic E-state index is 0. The summed E-state index contributed by atoms with van der Waals surface area (Å²) in [4.78, 5) is 4.82. The van der Waals surface area contributed by atoms with Crippen molar-refractivity contribution in [2.24, 2.45) is 0 Å². The summed E-state index contributed by atoms with van der Waals surface area (Å²) in [5.41, 5.74) is 3.12. The zero-order valence-corrected chi connectivity index (χ0v) is 17.8. The molecule has 29 heavy (non-hydrogen) atoms. The number of rotatable bonds is 5. The van der Waals surface area contributed by atoms with E-state index in [0.717, 1.165) is 48.8 Å². The normalized spacial score (nSPS) is 19.6. The van der Waals surface area contributed by atoms with E-state index in [4.69, 9.17) is 9.47 Å². The van der Waals surface area contributed by atoms with Gasteiger partial charge in [-0.1, -0.05) is 18.2 Å². The van der Waals surface area contributed by atoms with Crippen molar-refractivity contribution < 1.29 is 13.9 Å². The molecule has 0 N–H and O–H groups in total. The van der Waals surface area contributed by atoms with Gasteiger partial charge < -0.3 is 9.47 Å². The molecule has 6 heteroatoms. The fourth-order valence-corrected chi connectivity index (χ4v) is 4.00. The van der Waals surface area contributed by atoms with E-state index in [1.165, 1.54) is 11.6 Å². The van der Waals surface area contributed by atoms with E-state index in [1.807, 2.05) is 30.3 Å². The van der Waals surface area contributed by atoms with Crippen LogP contribution in [-0.4, -0.2) is 55.7 Å². The fraction of sp³-hybridized carbons (Fsp3) is 0.391. The molecule has 0 amide bonds. The van der Waals surface area contributed by atoms with Crippen molar-refractivity contribution in [3.8, 4) is 11.5 Å². The zero-order valence-electron chi connectivity index (χ0n) is 16.9. The van der Waals surface area contributed by atoms with Crippen molar-refractivity contribution in [3.05, 3.63) is 65.0 Å². The Hall–Kier alpha value is -2.08. The minimum atomic E-state index is -0.115. The quantitative estimate of drug-likeness (QED) is 0.725. The number of fused-ring (bicyclic) bond motifs is 1. The maximum Gasteiger partial charge on any atom is 0.127 e. The van der Waals surface area contributed by atoms with Gasteiger partial charge in [0.1, 0.15) is 23.9 Å². The van der Waals surface area contributed by atoms with E-state index >= 15 is 0 Å². The summed E-state index contributed by atoms with van der Waals surface area (Å²) < 4.78 is 25.2. The van der Waals surface area contributed by atoms with Gasteiger partial charge >= 0.3 is 0 Å². The second-order valence-corrected chi connectivity index (χ2v) is 7.64. The minimum Gasteiger partial charge on any atom is -0.497 e. The molecule has 1 fully saturated rings. The van der Waals surface area contributed by atoms with Crippen molar-refractivity contribution >= 4 is 18.5 Å². The second-order valence-electron chi connectivity index (χ2n) is 7.64. The highest BCUT2D eigenvalue weighted by Crippen LogP contribution is 2.30. The van der Waals surface area contributed by atoms with Crippen LogP contribution in [0.5, 0.6) is 11.5 Å². The smallest absolute Gasteiger partial charge is 0.127 e. The monoisotopic (exact) mass is 418 g/mol. The lowest BCUT2D eigenvalue weighted by atomic mass is 10.0. The highest BCUT2D eigenvalue weighted by Gasteiger charge is 2.25. The largest absolute Gasteiger partial charge is 0.497 e. The van der Waals surface area contributed by atoms with E-state index in [0.29, 0.717) is 19.2 Å². The Morgan fingerprint density at radius 1 is 1.14 bits per heavy atom. The molecule has 2 heterocycles. The molecular formula is C23H28ClFN2O2. The second kappa shape index (κ2) is 9.61. The van der Waals surface area contributed by atoms with E-state index in [9.17, 15) is 4.39 Å². The van der Waals surface area contributed by atoms with Crippen LogP contribution < -0.4 is 9.47 Å². The van der Waals surface area contributed by atoms with Crippen molar-refractivity contribution in [3.63, 3.8) is 0 Å². The summed E-state index contributed by atoms with van der Waals surface area (Å²) in [6, 6.07) is 13.4. The van der Waals surface area contributed by atoms with Gasteiger partial charge in [0.05, 0.1) is 7.11 Å². The van der Waals surface area contributed by atoms with Gasteiger partial charge in [0.25, 0.3) is 0 Å². The molecule has 2 aliphatic heterocycles. The molecule has 156 valence electrons. The lowest BCUT2D eigenvalue weighted by Gasteiger charge is -2.40. The van der Waals surface area contributed by atoms with Crippen LogP contribution in [0.15, 0.2) is 48.0 Å². The summed E-state index contributed by atoms with van der Waals surface area (Å²) >= 11 is 0. The number of methoxy groups -OCH3 is 1. The molecule has 2 aliphatic rings. The van der Waals surface area contributed by atoms with Gasteiger partial charge in [0.15, 0.2) is 0 Å². The van der Waals surface area contributed by atoms with Gasteiger partial charge in [0.2, 0.25) is 0 Å². The average Bonchev–Trinajstić information content (AvgIpc) is 2.71. The van der Waals surface area contributed by atoms with Gasteiger partial charge in [-0.15, -0.1) is 12.4 Å². The molecule has 0 spiro atoms. The molecule has 4 rings (SSSR count). The topological polar surface area (TPSA) is 24.9 Å². The number of hydrogen-bond acceptors (Lipinski definition) is 4. The number of piperazine rings is 1. The summed E-state index contributed by atoms with van der Waals surface area (Å²) in [7, 11) is 1.68. The SMILES string of the molecule is COc1ccc2c(c1)C=C(CN1CCN(Cc3ccccc3F)C[C@H]1C)CO2.Cl. The van der Waals surface area contributed by atoms with Gasteiger partial charge in [-0.05, 0) is 42.8 Å². The number of benzene rings is 2. The van der Waals surface area contributed by atoms with Crippen molar-refractivity contribution in [1.29, 1.82) is 0 Å². The van der Waals surface area contributed by atoms with Gasteiger partial charge in [-0.25, -0.2) is 4.39 Å². The third kappa shape index (κ3) is 5.10. The van der Waals surface area contributed by atoms with Gasteiger partial charge in [-0.3, -0.25) is 9.80 Å². The number of hydrogen-bond donors (Lipinski definition) is 0. The lowest BCUT2D eigenvalue weighted by Crippen LogP contribution is -2.52. The van der Waals surface area contributed by atoms with Crippen molar-refractivity contribution in [2.75, 3.05) is 39.9 Å². The van der Waals surface area contributed by atoms with Crippen LogP contribution in [0.4, 0.5) is 4.39 Å². The van der Waals surface area contributed by atoms with E-state index < -0.39 is 0 Å². The van der Waals surface area contributed by atoms with Crippen LogP contribution in [0, 0.1) is 5.82 Å². The Morgan fingerprint density at radius 3 is 2.72 bits per heavy atom. The molecule has 0 radical (unpaired) electrons. The standard InChI is InChI=1S/C23H27FN2O2.ClH/c1-17-13-25(15-19-5-3-4-6-22(19)24)9-10-26(17)14-18-11-20-12-21(27-2)7-8-23(20)28-16-18;/h3-8,11-12,17H,9-10,13-16H2,1-2H3;1H/t17-;/m1./s1. The average molecular weight is 419 g/mol. The Morgan fingerprint density at radius 2 is 1.97 bits per heavy atom. The maximum absolute atomic E-state index is 13.9. The Labute approximate surface area is 178 Å². The maximum atomic E-state index is 13.9. The molecule has 2 aromatic rings. The number of ether oxygens (including phenoxy) is 2. The van der Waals surface area contributed by atoms with Crippen LogP contribution in [0.3, 0.4) is 0 Å². The molecule has 1 atom stereocenters. The highest BCUT2D eigenvalue weighted by atomic mass is 35.5. The zero-order chi connectivity index (χ0) is 19.5. The predicted molar refractivity (Wildman–Crippen MR) is 116 cm³/mol.